The molecule has 0 saturated carbocycles. The highest BCUT2D eigenvalue weighted by atomic mass is 127. The number of aromatic amines is 2. The number of benzene rings is 1. The lowest BCUT2D eigenvalue weighted by Gasteiger charge is -2.41. The van der Waals surface area contributed by atoms with Gasteiger partial charge in [-0.15, -0.1) is 0 Å². The minimum Gasteiger partial charge on any atom is -0.481 e. The van der Waals surface area contributed by atoms with Crippen LogP contribution in [0.5, 0.6) is 5.88 Å². The second-order valence-electron chi connectivity index (χ2n) is 7.26. The fourth-order valence-corrected chi connectivity index (χ4v) is 4.50. The van der Waals surface area contributed by atoms with Crippen LogP contribution in [0.25, 0.3) is 0 Å². The molecule has 8 nitrogen and oxygen atoms in total. The van der Waals surface area contributed by atoms with Gasteiger partial charge in [-0.3, -0.25) is 9.88 Å². The molecule has 2 N–H and O–H groups in total. The predicted molar refractivity (Wildman–Crippen MR) is 120 cm³/mol. The first-order valence-corrected chi connectivity index (χ1v) is 10.9. The van der Waals surface area contributed by atoms with Gasteiger partial charge in [-0.2, -0.15) is 5.10 Å². The second kappa shape index (κ2) is 9.71. The van der Waals surface area contributed by atoms with Crippen LogP contribution in [0.2, 0.25) is 0 Å². The zero-order chi connectivity index (χ0) is 20.9. The number of rotatable bonds is 7. The van der Waals surface area contributed by atoms with Gasteiger partial charge in [0.1, 0.15) is 5.82 Å². The zero-order valence-corrected chi connectivity index (χ0v) is 18.8. The van der Waals surface area contributed by atoms with Gasteiger partial charge in [-0.05, 0) is 53.6 Å². The summed E-state index contributed by atoms with van der Waals surface area (Å²) in [5, 5.41) is 6.54. The predicted octanol–water partition coefficient (Wildman–Crippen LogP) is 3.03. The van der Waals surface area contributed by atoms with E-state index < -0.39 is 0 Å². The number of ether oxygens (including phenoxy) is 2. The first-order valence-electron chi connectivity index (χ1n) is 9.86. The Morgan fingerprint density at radius 2 is 2.13 bits per heavy atom. The van der Waals surface area contributed by atoms with E-state index in [0.29, 0.717) is 24.9 Å². The van der Waals surface area contributed by atoms with E-state index in [0.717, 1.165) is 28.5 Å². The summed E-state index contributed by atoms with van der Waals surface area (Å²) in [6.07, 6.45) is 3.73. The van der Waals surface area contributed by atoms with Crippen molar-refractivity contribution in [3.63, 3.8) is 0 Å². The molecule has 1 aromatic carbocycles. The smallest absolute Gasteiger partial charge is 0.340 e. The van der Waals surface area contributed by atoms with Crippen LogP contribution in [0.3, 0.4) is 0 Å². The van der Waals surface area contributed by atoms with Crippen molar-refractivity contribution in [2.45, 2.75) is 38.1 Å². The van der Waals surface area contributed by atoms with E-state index in [-0.39, 0.29) is 17.8 Å². The van der Waals surface area contributed by atoms with E-state index in [4.69, 9.17) is 9.47 Å². The molecule has 0 amide bonds. The summed E-state index contributed by atoms with van der Waals surface area (Å²) in [7, 11) is 1.62. The normalized spacial score (nSPS) is 19.7. The number of halogens is 1. The van der Waals surface area contributed by atoms with Crippen LogP contribution in [0.15, 0.2) is 47.4 Å². The van der Waals surface area contributed by atoms with Crippen molar-refractivity contribution >= 4 is 22.6 Å². The van der Waals surface area contributed by atoms with Crippen LogP contribution in [0, 0.1) is 3.57 Å². The third-order valence-corrected chi connectivity index (χ3v) is 5.85. The summed E-state index contributed by atoms with van der Waals surface area (Å²) in [5.74, 6) is 1.22. The SMILES string of the molecule is COc1ncc(I)cc1CO[C@H]1CCCN(Cc2n[nH]c(=O)[nH]2)[C@H]1c1ccccc1. The maximum atomic E-state index is 11.5. The van der Waals surface area contributed by atoms with Gasteiger partial charge in [-0.1, -0.05) is 30.3 Å². The molecule has 2 atom stereocenters. The van der Waals surface area contributed by atoms with Crippen molar-refractivity contribution in [2.24, 2.45) is 0 Å². The van der Waals surface area contributed by atoms with E-state index in [1.54, 1.807) is 13.3 Å². The van der Waals surface area contributed by atoms with E-state index in [1.165, 1.54) is 5.56 Å². The topological polar surface area (TPSA) is 96.1 Å². The fraction of sp³-hybridized carbons (Fsp3) is 0.381. The molecule has 0 bridgehead atoms. The molecule has 1 aliphatic heterocycles. The average Bonchev–Trinajstić information content (AvgIpc) is 3.17. The Kier molecular flexibility index (Phi) is 6.80. The first-order chi connectivity index (χ1) is 14.6. The summed E-state index contributed by atoms with van der Waals surface area (Å²) in [5.41, 5.74) is 1.84. The van der Waals surface area contributed by atoms with Crippen molar-refractivity contribution in [2.75, 3.05) is 13.7 Å². The number of hydrogen-bond donors (Lipinski definition) is 2. The monoisotopic (exact) mass is 521 g/mol. The van der Waals surface area contributed by atoms with Gasteiger partial charge in [0.2, 0.25) is 5.88 Å². The van der Waals surface area contributed by atoms with Gasteiger partial charge >= 0.3 is 5.69 Å². The van der Waals surface area contributed by atoms with Crippen LogP contribution in [0.4, 0.5) is 0 Å². The number of hydrogen-bond acceptors (Lipinski definition) is 6. The molecule has 9 heteroatoms. The second-order valence-corrected chi connectivity index (χ2v) is 8.51. The highest BCUT2D eigenvalue weighted by molar-refractivity contribution is 14.1. The molecule has 1 saturated heterocycles. The summed E-state index contributed by atoms with van der Waals surface area (Å²) in [4.78, 5) is 20.9. The third-order valence-electron chi connectivity index (χ3n) is 5.26. The van der Waals surface area contributed by atoms with E-state index in [1.807, 2.05) is 24.3 Å². The molecule has 30 heavy (non-hydrogen) atoms. The van der Waals surface area contributed by atoms with Crippen LogP contribution in [0.1, 0.15) is 35.8 Å². The molecule has 2 aromatic heterocycles. The molecule has 4 rings (SSSR count). The molecule has 0 spiro atoms. The molecule has 158 valence electrons. The van der Waals surface area contributed by atoms with Gasteiger partial charge in [0.25, 0.3) is 0 Å². The first kappa shape index (κ1) is 21.0. The Balaban J connectivity index is 1.57. The highest BCUT2D eigenvalue weighted by Crippen LogP contribution is 2.35. The van der Waals surface area contributed by atoms with E-state index in [2.05, 4.69) is 59.8 Å². The number of nitrogens with zero attached hydrogens (tertiary/aromatic N) is 3. The lowest BCUT2D eigenvalue weighted by atomic mass is 9.92. The largest absolute Gasteiger partial charge is 0.481 e. The minimum atomic E-state index is -0.288. The number of likely N-dealkylation sites (tertiary alicyclic amines) is 1. The number of H-pyrrole nitrogens is 2. The Labute approximate surface area is 188 Å². The molecule has 3 aromatic rings. The number of aromatic nitrogens is 4. The third kappa shape index (κ3) is 4.90. The lowest BCUT2D eigenvalue weighted by molar-refractivity contribution is -0.0564. The Hall–Kier alpha value is -2.24. The average molecular weight is 521 g/mol. The van der Waals surface area contributed by atoms with Crippen molar-refractivity contribution in [1.82, 2.24) is 25.1 Å². The highest BCUT2D eigenvalue weighted by Gasteiger charge is 2.34. The van der Waals surface area contributed by atoms with Crippen LogP contribution >= 0.6 is 22.6 Å². The van der Waals surface area contributed by atoms with E-state index in [9.17, 15) is 4.79 Å². The quantitative estimate of drug-likeness (QED) is 0.465. The summed E-state index contributed by atoms with van der Waals surface area (Å²) < 4.78 is 12.9. The van der Waals surface area contributed by atoms with Gasteiger partial charge < -0.3 is 9.47 Å². The van der Waals surface area contributed by atoms with E-state index >= 15 is 0 Å². The molecule has 0 unspecified atom stereocenters. The molecule has 1 aliphatic rings. The van der Waals surface area contributed by atoms with Crippen molar-refractivity contribution in [3.05, 3.63) is 73.6 Å². The van der Waals surface area contributed by atoms with Crippen LogP contribution < -0.4 is 10.4 Å². The molecule has 1 fully saturated rings. The number of nitrogens with one attached hydrogen (secondary N) is 2. The minimum absolute atomic E-state index is 0.00520. The maximum absolute atomic E-state index is 11.5. The van der Waals surface area contributed by atoms with Crippen molar-refractivity contribution in [3.8, 4) is 5.88 Å². The maximum Gasteiger partial charge on any atom is 0.340 e. The van der Waals surface area contributed by atoms with Crippen LogP contribution in [-0.2, 0) is 17.9 Å². The van der Waals surface area contributed by atoms with Gasteiger partial charge in [0, 0.05) is 15.3 Å². The summed E-state index contributed by atoms with van der Waals surface area (Å²) in [6.45, 7) is 1.88. The molecular formula is C21H24IN5O3. The van der Waals surface area contributed by atoms with Gasteiger partial charge in [-0.25, -0.2) is 14.9 Å². The number of pyridine rings is 1. The lowest BCUT2D eigenvalue weighted by Crippen LogP contribution is -2.42. The molecular weight excluding hydrogens is 497 g/mol. The standard InChI is InChI=1S/C21H24IN5O3/c1-29-20-15(10-16(22)11-23-20)13-30-17-8-5-9-27(12-18-24-21(28)26-25-18)19(17)14-6-3-2-4-7-14/h2-4,6-7,10-11,17,19H,5,8-9,12-13H2,1H3,(H2,24,25,26,28)/t17-,19-/m0/s1. The summed E-state index contributed by atoms with van der Waals surface area (Å²) >= 11 is 2.24. The van der Waals surface area contributed by atoms with Crippen molar-refractivity contribution < 1.29 is 9.47 Å². The number of piperidine rings is 1. The number of methoxy groups -OCH3 is 1. The van der Waals surface area contributed by atoms with Gasteiger partial charge in [0.15, 0.2) is 0 Å². The fourth-order valence-electron chi connectivity index (χ4n) is 3.98. The summed E-state index contributed by atoms with van der Waals surface area (Å²) in [6, 6.07) is 12.4. The Bertz CT molecular complexity index is 1020. The van der Waals surface area contributed by atoms with Crippen LogP contribution in [-0.4, -0.2) is 44.8 Å². The van der Waals surface area contributed by atoms with Crippen molar-refractivity contribution in [1.29, 1.82) is 0 Å². The molecule has 0 aliphatic carbocycles. The molecule has 3 heterocycles. The molecule has 0 radical (unpaired) electrons. The Morgan fingerprint density at radius 1 is 1.30 bits per heavy atom. The zero-order valence-electron chi connectivity index (χ0n) is 16.7. The van der Waals surface area contributed by atoms with Gasteiger partial charge in [0.05, 0.1) is 32.4 Å². The Morgan fingerprint density at radius 3 is 2.87 bits per heavy atom.